The lowest BCUT2D eigenvalue weighted by molar-refractivity contribution is -0.145. The van der Waals surface area contributed by atoms with Crippen molar-refractivity contribution in [3.63, 3.8) is 0 Å². The van der Waals surface area contributed by atoms with E-state index in [0.29, 0.717) is 4.88 Å². The van der Waals surface area contributed by atoms with Gasteiger partial charge in [0.15, 0.2) is 6.61 Å². The molecule has 2 aromatic heterocycles. The Morgan fingerprint density at radius 3 is 2.48 bits per heavy atom. The van der Waals surface area contributed by atoms with Crippen LogP contribution in [-0.4, -0.2) is 42.6 Å². The van der Waals surface area contributed by atoms with Gasteiger partial charge in [0.25, 0.3) is 5.91 Å². The van der Waals surface area contributed by atoms with Crippen molar-refractivity contribution in [1.29, 1.82) is 0 Å². The minimum absolute atomic E-state index is 0.268. The van der Waals surface area contributed by atoms with Crippen LogP contribution in [0, 0.1) is 0 Å². The zero-order chi connectivity index (χ0) is 23.2. The van der Waals surface area contributed by atoms with Crippen LogP contribution >= 0.6 is 22.7 Å². The van der Waals surface area contributed by atoms with E-state index in [1.165, 1.54) is 18.4 Å². The highest BCUT2D eigenvalue weighted by atomic mass is 32.1. The third kappa shape index (κ3) is 5.63. The second-order valence-electron chi connectivity index (χ2n) is 7.06. The number of methoxy groups -OCH3 is 1. The summed E-state index contributed by atoms with van der Waals surface area (Å²) >= 11 is 2.80. The maximum Gasteiger partial charge on any atom is 0.348 e. The number of benzene rings is 2. The lowest BCUT2D eigenvalue weighted by Gasteiger charge is -2.16. The fourth-order valence-corrected chi connectivity index (χ4v) is 5.08. The number of ether oxygens (including phenoxy) is 2. The van der Waals surface area contributed by atoms with E-state index in [1.807, 2.05) is 60.7 Å². The molecule has 0 radical (unpaired) electrons. The van der Waals surface area contributed by atoms with Crippen molar-refractivity contribution in [3.05, 3.63) is 77.2 Å². The van der Waals surface area contributed by atoms with Crippen molar-refractivity contribution >= 4 is 50.7 Å². The summed E-state index contributed by atoms with van der Waals surface area (Å²) in [6, 6.07) is 19.7. The van der Waals surface area contributed by atoms with Gasteiger partial charge in [-0.2, -0.15) is 0 Å². The molecule has 1 amide bonds. The standard InChI is InChI=1S/C24H20N2O5S2/c1-30-23(28)17(13-15-7-3-2-4-8-15)25-21(27)14-31-24(29)20-12-11-19(32-20)22-26-16-9-5-6-10-18(16)33-22/h2-12,17H,13-14H2,1H3,(H,25,27)/t17-/m1/s1. The summed E-state index contributed by atoms with van der Waals surface area (Å²) in [5, 5.41) is 3.39. The monoisotopic (exact) mass is 480 g/mol. The molecule has 0 fully saturated rings. The fourth-order valence-electron chi connectivity index (χ4n) is 3.16. The number of nitrogens with zero attached hydrogens (tertiary/aromatic N) is 1. The van der Waals surface area contributed by atoms with Gasteiger partial charge in [0.05, 0.1) is 22.2 Å². The van der Waals surface area contributed by atoms with Gasteiger partial charge in [-0.25, -0.2) is 14.6 Å². The van der Waals surface area contributed by atoms with Crippen LogP contribution in [0.4, 0.5) is 0 Å². The molecule has 4 aromatic rings. The van der Waals surface area contributed by atoms with E-state index >= 15 is 0 Å². The summed E-state index contributed by atoms with van der Waals surface area (Å²) in [6.07, 6.45) is 0.268. The summed E-state index contributed by atoms with van der Waals surface area (Å²) in [5.41, 5.74) is 1.77. The van der Waals surface area contributed by atoms with Gasteiger partial charge in [-0.05, 0) is 29.8 Å². The van der Waals surface area contributed by atoms with Crippen molar-refractivity contribution in [2.24, 2.45) is 0 Å². The number of hydrogen-bond acceptors (Lipinski definition) is 8. The topological polar surface area (TPSA) is 94.6 Å². The second kappa shape index (κ2) is 10.4. The number of aromatic nitrogens is 1. The third-order valence-corrected chi connectivity index (χ3v) is 7.02. The largest absolute Gasteiger partial charge is 0.467 e. The highest BCUT2D eigenvalue weighted by Crippen LogP contribution is 2.34. The Kier molecular flexibility index (Phi) is 7.11. The van der Waals surface area contributed by atoms with E-state index in [-0.39, 0.29) is 6.42 Å². The Balaban J connectivity index is 1.35. The van der Waals surface area contributed by atoms with Crippen LogP contribution in [0.1, 0.15) is 15.2 Å². The summed E-state index contributed by atoms with van der Waals surface area (Å²) in [7, 11) is 1.26. The van der Waals surface area contributed by atoms with Crippen LogP contribution in [0.3, 0.4) is 0 Å². The third-order valence-electron chi connectivity index (χ3n) is 4.75. The number of amides is 1. The average molecular weight is 481 g/mol. The first-order chi connectivity index (χ1) is 16.0. The zero-order valence-electron chi connectivity index (χ0n) is 17.6. The van der Waals surface area contributed by atoms with Crippen LogP contribution in [0.2, 0.25) is 0 Å². The Bertz CT molecular complexity index is 1250. The number of esters is 2. The van der Waals surface area contributed by atoms with Gasteiger partial charge in [-0.15, -0.1) is 22.7 Å². The molecule has 0 aliphatic carbocycles. The molecule has 2 aromatic carbocycles. The minimum atomic E-state index is -0.879. The van der Waals surface area contributed by atoms with Crippen LogP contribution < -0.4 is 5.32 Å². The number of rotatable bonds is 8. The van der Waals surface area contributed by atoms with Crippen molar-refractivity contribution in [1.82, 2.24) is 10.3 Å². The molecule has 2 heterocycles. The molecule has 9 heteroatoms. The molecular weight excluding hydrogens is 460 g/mol. The lowest BCUT2D eigenvalue weighted by atomic mass is 10.1. The predicted molar refractivity (Wildman–Crippen MR) is 127 cm³/mol. The predicted octanol–water partition coefficient (Wildman–Crippen LogP) is 4.08. The Morgan fingerprint density at radius 1 is 0.970 bits per heavy atom. The Hall–Kier alpha value is -3.56. The first-order valence-electron chi connectivity index (χ1n) is 10.1. The van der Waals surface area contributed by atoms with Crippen LogP contribution in [0.5, 0.6) is 0 Å². The molecule has 0 aliphatic heterocycles. The first kappa shape index (κ1) is 22.6. The highest BCUT2D eigenvalue weighted by molar-refractivity contribution is 7.26. The number of hydrogen-bond donors (Lipinski definition) is 1. The number of thiophene rings is 1. The van der Waals surface area contributed by atoms with Crippen molar-refractivity contribution in [3.8, 4) is 9.88 Å². The minimum Gasteiger partial charge on any atom is -0.467 e. The fraction of sp³-hybridized carbons (Fsp3) is 0.167. The summed E-state index contributed by atoms with van der Waals surface area (Å²) in [4.78, 5) is 42.6. The second-order valence-corrected chi connectivity index (χ2v) is 9.17. The van der Waals surface area contributed by atoms with Gasteiger partial charge in [0.1, 0.15) is 15.9 Å². The van der Waals surface area contributed by atoms with E-state index < -0.39 is 30.5 Å². The molecule has 0 saturated heterocycles. The highest BCUT2D eigenvalue weighted by Gasteiger charge is 2.23. The van der Waals surface area contributed by atoms with Gasteiger partial charge >= 0.3 is 11.9 Å². The Morgan fingerprint density at radius 2 is 1.73 bits per heavy atom. The van der Waals surface area contributed by atoms with Crippen molar-refractivity contribution in [2.45, 2.75) is 12.5 Å². The van der Waals surface area contributed by atoms with E-state index in [0.717, 1.165) is 25.7 Å². The number of carbonyl (C=O) groups excluding carboxylic acids is 3. The molecule has 4 rings (SSSR count). The van der Waals surface area contributed by atoms with Crippen molar-refractivity contribution < 1.29 is 23.9 Å². The number of carbonyl (C=O) groups is 3. The Labute approximate surface area is 198 Å². The molecule has 0 bridgehead atoms. The van der Waals surface area contributed by atoms with E-state index in [2.05, 4.69) is 10.3 Å². The lowest BCUT2D eigenvalue weighted by Crippen LogP contribution is -2.44. The van der Waals surface area contributed by atoms with E-state index in [1.54, 1.807) is 17.4 Å². The van der Waals surface area contributed by atoms with Gasteiger partial charge in [0.2, 0.25) is 0 Å². The zero-order valence-corrected chi connectivity index (χ0v) is 19.3. The maximum atomic E-state index is 12.4. The SMILES string of the molecule is COC(=O)[C@@H](Cc1ccccc1)NC(=O)COC(=O)c1ccc(-c2nc3ccccc3s2)s1. The number of thiazole rings is 1. The molecule has 0 saturated carbocycles. The normalized spacial score (nSPS) is 11.7. The molecule has 7 nitrogen and oxygen atoms in total. The summed E-state index contributed by atoms with van der Waals surface area (Å²) in [5.74, 6) is -1.77. The van der Waals surface area contributed by atoms with Gasteiger partial charge in [-0.3, -0.25) is 4.79 Å². The number of nitrogens with one attached hydrogen (secondary N) is 1. The number of para-hydroxylation sites is 1. The molecule has 0 spiro atoms. The molecular formula is C24H20N2O5S2. The first-order valence-corrected chi connectivity index (χ1v) is 11.7. The van der Waals surface area contributed by atoms with E-state index in [4.69, 9.17) is 9.47 Å². The van der Waals surface area contributed by atoms with Crippen molar-refractivity contribution in [2.75, 3.05) is 13.7 Å². The summed E-state index contributed by atoms with van der Waals surface area (Å²) in [6.45, 7) is -0.504. The smallest absolute Gasteiger partial charge is 0.348 e. The summed E-state index contributed by atoms with van der Waals surface area (Å²) < 4.78 is 11.0. The molecule has 33 heavy (non-hydrogen) atoms. The molecule has 1 N–H and O–H groups in total. The number of fused-ring (bicyclic) bond motifs is 1. The van der Waals surface area contributed by atoms with Gasteiger partial charge in [-0.1, -0.05) is 42.5 Å². The quantitative estimate of drug-likeness (QED) is 0.382. The molecule has 1 atom stereocenters. The molecule has 168 valence electrons. The maximum absolute atomic E-state index is 12.4. The van der Waals surface area contributed by atoms with Crippen LogP contribution in [0.15, 0.2) is 66.7 Å². The molecule has 0 unspecified atom stereocenters. The van der Waals surface area contributed by atoms with E-state index in [9.17, 15) is 14.4 Å². The van der Waals surface area contributed by atoms with Crippen LogP contribution in [0.25, 0.3) is 20.1 Å². The average Bonchev–Trinajstić information content (AvgIpc) is 3.49. The van der Waals surface area contributed by atoms with Crippen LogP contribution in [-0.2, 0) is 25.5 Å². The molecule has 0 aliphatic rings. The van der Waals surface area contributed by atoms with Gasteiger partial charge < -0.3 is 14.8 Å². The van der Waals surface area contributed by atoms with Gasteiger partial charge in [0, 0.05) is 6.42 Å².